The van der Waals surface area contributed by atoms with E-state index in [1.165, 1.54) is 0 Å². The van der Waals surface area contributed by atoms with Crippen molar-refractivity contribution in [3.8, 4) is 11.5 Å². The zero-order valence-electron chi connectivity index (χ0n) is 16.5. The van der Waals surface area contributed by atoms with Gasteiger partial charge in [0, 0.05) is 32.6 Å². The average molecular weight is 372 g/mol. The van der Waals surface area contributed by atoms with Crippen molar-refractivity contribution in [1.29, 1.82) is 0 Å². The monoisotopic (exact) mass is 372 g/mol. The van der Waals surface area contributed by atoms with Crippen LogP contribution in [-0.4, -0.2) is 36.9 Å². The van der Waals surface area contributed by atoms with E-state index in [-0.39, 0.29) is 6.79 Å². The van der Waals surface area contributed by atoms with E-state index in [2.05, 4.69) is 34.2 Å². The van der Waals surface area contributed by atoms with Gasteiger partial charge in [0.05, 0.1) is 12.2 Å². The minimum absolute atomic E-state index is 0.286. The summed E-state index contributed by atoms with van der Waals surface area (Å²) in [5, 5.41) is 7.55. The number of hydrogen-bond acceptors (Lipinski definition) is 5. The summed E-state index contributed by atoms with van der Waals surface area (Å²) < 4.78 is 16.3. The van der Waals surface area contributed by atoms with E-state index in [1.54, 1.807) is 7.05 Å². The zero-order chi connectivity index (χ0) is 19.2. The zero-order valence-corrected chi connectivity index (χ0v) is 16.5. The number of nitrogens with zero attached hydrogens (tertiary/aromatic N) is 3. The highest BCUT2D eigenvalue weighted by Gasteiger charge is 2.16. The lowest BCUT2D eigenvalue weighted by atomic mass is 9.99. The molecule has 1 aromatic heterocycles. The van der Waals surface area contributed by atoms with E-state index in [9.17, 15) is 0 Å². The van der Waals surface area contributed by atoms with Crippen molar-refractivity contribution in [3.05, 3.63) is 41.3 Å². The molecular weight excluding hydrogens is 344 g/mol. The standard InChI is InChI=1S/C20H28N4O3/c1-5-15(6-2)17-10-16(27-23-17)11-22-20(21-3)24(4)12-14-7-8-18-19(9-14)26-13-25-18/h7-10,15H,5-6,11-13H2,1-4H3,(H,21,22). The molecule has 7 heteroatoms. The van der Waals surface area contributed by atoms with Gasteiger partial charge in [0.25, 0.3) is 0 Å². The minimum Gasteiger partial charge on any atom is -0.454 e. The summed E-state index contributed by atoms with van der Waals surface area (Å²) in [5.74, 6) is 3.64. The van der Waals surface area contributed by atoms with Crippen molar-refractivity contribution in [2.24, 2.45) is 4.99 Å². The van der Waals surface area contributed by atoms with Crippen molar-refractivity contribution in [3.63, 3.8) is 0 Å². The van der Waals surface area contributed by atoms with Crippen molar-refractivity contribution in [2.45, 2.75) is 45.7 Å². The fraction of sp³-hybridized carbons (Fsp3) is 0.500. The number of guanidine groups is 1. The molecule has 146 valence electrons. The van der Waals surface area contributed by atoms with E-state index in [0.29, 0.717) is 19.0 Å². The van der Waals surface area contributed by atoms with Gasteiger partial charge in [-0.25, -0.2) is 0 Å². The smallest absolute Gasteiger partial charge is 0.231 e. The second-order valence-corrected chi connectivity index (χ2v) is 6.68. The van der Waals surface area contributed by atoms with Gasteiger partial charge in [-0.2, -0.15) is 0 Å². The first kappa shape index (κ1) is 19.1. The molecule has 0 radical (unpaired) electrons. The van der Waals surface area contributed by atoms with Crippen LogP contribution in [0.3, 0.4) is 0 Å². The summed E-state index contributed by atoms with van der Waals surface area (Å²) in [6.07, 6.45) is 2.13. The van der Waals surface area contributed by atoms with Crippen LogP contribution >= 0.6 is 0 Å². The van der Waals surface area contributed by atoms with Crippen LogP contribution in [0, 0.1) is 0 Å². The average Bonchev–Trinajstić information content (AvgIpc) is 3.32. The predicted molar refractivity (Wildman–Crippen MR) is 104 cm³/mol. The number of nitrogens with one attached hydrogen (secondary N) is 1. The second-order valence-electron chi connectivity index (χ2n) is 6.68. The molecule has 1 N–H and O–H groups in total. The van der Waals surface area contributed by atoms with Gasteiger partial charge in [-0.1, -0.05) is 25.1 Å². The molecule has 0 atom stereocenters. The Bertz CT molecular complexity index is 783. The van der Waals surface area contributed by atoms with Crippen LogP contribution in [-0.2, 0) is 13.1 Å². The van der Waals surface area contributed by atoms with Crippen molar-refractivity contribution < 1.29 is 14.0 Å². The van der Waals surface area contributed by atoms with Crippen molar-refractivity contribution in [1.82, 2.24) is 15.4 Å². The van der Waals surface area contributed by atoms with Gasteiger partial charge >= 0.3 is 0 Å². The highest BCUT2D eigenvalue weighted by atomic mass is 16.7. The molecule has 1 aliphatic rings. The van der Waals surface area contributed by atoms with Crippen LogP contribution < -0.4 is 14.8 Å². The highest BCUT2D eigenvalue weighted by Crippen LogP contribution is 2.32. The minimum atomic E-state index is 0.286. The Balaban J connectivity index is 1.57. The Hall–Kier alpha value is -2.70. The first-order valence-corrected chi connectivity index (χ1v) is 9.40. The topological polar surface area (TPSA) is 72.1 Å². The maximum Gasteiger partial charge on any atom is 0.231 e. The lowest BCUT2D eigenvalue weighted by Gasteiger charge is -2.21. The molecule has 0 spiro atoms. The van der Waals surface area contributed by atoms with Gasteiger partial charge in [0.15, 0.2) is 23.2 Å². The van der Waals surface area contributed by atoms with E-state index >= 15 is 0 Å². The van der Waals surface area contributed by atoms with Crippen LogP contribution in [0.2, 0.25) is 0 Å². The lowest BCUT2D eigenvalue weighted by molar-refractivity contribution is 0.174. The third-order valence-electron chi connectivity index (χ3n) is 4.83. The Morgan fingerprint density at radius 2 is 2.00 bits per heavy atom. The Morgan fingerprint density at radius 1 is 1.22 bits per heavy atom. The summed E-state index contributed by atoms with van der Waals surface area (Å²) in [6, 6.07) is 8.02. The van der Waals surface area contributed by atoms with E-state index in [0.717, 1.165) is 47.3 Å². The van der Waals surface area contributed by atoms with Crippen LogP contribution in [0.1, 0.15) is 49.6 Å². The summed E-state index contributed by atoms with van der Waals surface area (Å²) in [7, 11) is 3.77. The van der Waals surface area contributed by atoms with Gasteiger partial charge in [-0.3, -0.25) is 4.99 Å². The summed E-state index contributed by atoms with van der Waals surface area (Å²) in [4.78, 5) is 6.41. The summed E-state index contributed by atoms with van der Waals surface area (Å²) in [5.41, 5.74) is 2.15. The molecule has 1 aliphatic heterocycles. The summed E-state index contributed by atoms with van der Waals surface area (Å²) >= 11 is 0. The molecule has 27 heavy (non-hydrogen) atoms. The molecule has 0 amide bonds. The lowest BCUT2D eigenvalue weighted by Crippen LogP contribution is -2.37. The Morgan fingerprint density at radius 3 is 2.74 bits per heavy atom. The van der Waals surface area contributed by atoms with E-state index in [4.69, 9.17) is 14.0 Å². The van der Waals surface area contributed by atoms with Gasteiger partial charge < -0.3 is 24.2 Å². The normalized spacial score (nSPS) is 13.3. The maximum absolute atomic E-state index is 5.48. The van der Waals surface area contributed by atoms with Gasteiger partial charge in [0.1, 0.15) is 0 Å². The number of hydrogen-bond donors (Lipinski definition) is 1. The highest BCUT2D eigenvalue weighted by molar-refractivity contribution is 5.79. The molecule has 2 aromatic rings. The quantitative estimate of drug-likeness (QED) is 0.592. The van der Waals surface area contributed by atoms with Crippen LogP contribution in [0.15, 0.2) is 33.8 Å². The molecule has 7 nitrogen and oxygen atoms in total. The third kappa shape index (κ3) is 4.53. The number of aromatic nitrogens is 1. The number of aliphatic imine (C=N–C) groups is 1. The SMILES string of the molecule is CCC(CC)c1cc(CNC(=NC)N(C)Cc2ccc3c(c2)OCO3)on1. The molecule has 0 fully saturated rings. The molecule has 0 saturated carbocycles. The fourth-order valence-electron chi connectivity index (χ4n) is 3.25. The first-order chi connectivity index (χ1) is 13.1. The number of fused-ring (bicyclic) bond motifs is 1. The second kappa shape index (κ2) is 8.79. The van der Waals surface area contributed by atoms with Crippen molar-refractivity contribution >= 4 is 5.96 Å². The molecule has 0 bridgehead atoms. The molecule has 0 saturated heterocycles. The first-order valence-electron chi connectivity index (χ1n) is 9.40. The number of benzene rings is 1. The van der Waals surface area contributed by atoms with Crippen LogP contribution in [0.4, 0.5) is 0 Å². The van der Waals surface area contributed by atoms with Crippen LogP contribution in [0.25, 0.3) is 0 Å². The van der Waals surface area contributed by atoms with Gasteiger partial charge in [-0.05, 0) is 30.5 Å². The number of ether oxygens (including phenoxy) is 2. The predicted octanol–water partition coefficient (Wildman–Crippen LogP) is 3.51. The third-order valence-corrected chi connectivity index (χ3v) is 4.83. The van der Waals surface area contributed by atoms with Crippen molar-refractivity contribution in [2.75, 3.05) is 20.9 Å². The molecule has 0 aliphatic carbocycles. The molecular formula is C20H28N4O3. The maximum atomic E-state index is 5.48. The summed E-state index contributed by atoms with van der Waals surface area (Å²) in [6.45, 7) is 5.88. The number of rotatable bonds is 7. The molecule has 0 unspecified atom stereocenters. The van der Waals surface area contributed by atoms with E-state index < -0.39 is 0 Å². The van der Waals surface area contributed by atoms with Gasteiger partial charge in [0.2, 0.25) is 6.79 Å². The molecule has 3 rings (SSSR count). The van der Waals surface area contributed by atoms with Crippen LogP contribution in [0.5, 0.6) is 11.5 Å². The Labute approximate surface area is 160 Å². The molecule has 2 heterocycles. The Kier molecular flexibility index (Phi) is 6.21. The fourth-order valence-corrected chi connectivity index (χ4v) is 3.25. The van der Waals surface area contributed by atoms with Gasteiger partial charge in [-0.15, -0.1) is 0 Å². The largest absolute Gasteiger partial charge is 0.454 e. The van der Waals surface area contributed by atoms with E-state index in [1.807, 2.05) is 31.3 Å². The molecule has 1 aromatic carbocycles.